The lowest BCUT2D eigenvalue weighted by molar-refractivity contribution is -0.384. The molecule has 9 N–H and O–H groups in total. The Labute approximate surface area is 289 Å². The zero-order chi connectivity index (χ0) is 36.8. The summed E-state index contributed by atoms with van der Waals surface area (Å²) in [5.41, 5.74) is 12.6. The van der Waals surface area contributed by atoms with Gasteiger partial charge < -0.3 is 37.8 Å². The quantitative estimate of drug-likeness (QED) is 0.0735. The number of phenolic OH excluding ortho intramolecular Hbond substituents is 1. The van der Waals surface area contributed by atoms with Crippen molar-refractivity contribution in [3.8, 4) is 5.75 Å². The maximum Gasteiger partial charge on any atom is 0.269 e. The van der Waals surface area contributed by atoms with Crippen molar-refractivity contribution in [2.45, 2.75) is 63.7 Å². The molecule has 0 aromatic heterocycles. The molecule has 4 atom stereocenters. The van der Waals surface area contributed by atoms with Gasteiger partial charge in [0.15, 0.2) is 0 Å². The highest BCUT2D eigenvalue weighted by Crippen LogP contribution is 2.16. The van der Waals surface area contributed by atoms with E-state index in [1.165, 1.54) is 36.4 Å². The minimum atomic E-state index is -1.33. The van der Waals surface area contributed by atoms with Crippen LogP contribution < -0.4 is 32.7 Å². The van der Waals surface area contributed by atoms with Gasteiger partial charge in [0.2, 0.25) is 29.5 Å². The molecule has 0 saturated heterocycles. The molecule has 0 spiro atoms. The molecule has 0 radical (unpaired) electrons. The van der Waals surface area contributed by atoms with Crippen molar-refractivity contribution in [3.63, 3.8) is 0 Å². The van der Waals surface area contributed by atoms with Gasteiger partial charge >= 0.3 is 0 Å². The van der Waals surface area contributed by atoms with Crippen LogP contribution in [0.3, 0.4) is 0 Å². The number of nitro benzene ring substituents is 1. The second-order valence-electron chi connectivity index (χ2n) is 12.2. The largest absolute Gasteiger partial charge is 0.508 e. The number of amides is 5. The lowest BCUT2D eigenvalue weighted by Crippen LogP contribution is -2.59. The zero-order valence-electron chi connectivity index (χ0n) is 27.8. The van der Waals surface area contributed by atoms with Crippen molar-refractivity contribution in [1.82, 2.24) is 21.3 Å². The molecule has 0 heterocycles. The first kappa shape index (κ1) is 38.6. The van der Waals surface area contributed by atoms with Crippen LogP contribution in [0.1, 0.15) is 37.0 Å². The molecule has 15 nitrogen and oxygen atoms in total. The van der Waals surface area contributed by atoms with E-state index in [2.05, 4.69) is 21.3 Å². The predicted octanol–water partition coefficient (Wildman–Crippen LogP) is 0.758. The molecular weight excluding hydrogens is 646 g/mol. The van der Waals surface area contributed by atoms with Gasteiger partial charge in [-0.2, -0.15) is 0 Å². The average Bonchev–Trinajstić information content (AvgIpc) is 3.08. The number of carbonyl (C=O) groups excluding carboxylic acids is 5. The van der Waals surface area contributed by atoms with E-state index < -0.39 is 58.6 Å². The fourth-order valence-corrected chi connectivity index (χ4v) is 5.12. The van der Waals surface area contributed by atoms with E-state index in [1.807, 2.05) is 13.8 Å². The van der Waals surface area contributed by atoms with Crippen molar-refractivity contribution in [2.75, 3.05) is 6.54 Å². The number of benzene rings is 3. The molecule has 0 aliphatic carbocycles. The standard InChI is InChI=1S/C35H43N7O8/c1-21(2)16-28(38-31(44)20-36)33(46)40-30(19-24-10-14-26(43)15-11-24)35(48)41-29(18-23-8-12-25(13-9-23)42(49)50)34(47)39-27(32(37)45)17-22-6-4-3-5-7-22/h3-15,21,27-30,43H,16-20,36H2,1-2H3,(H2,37,45)(H,38,44)(H,39,47)(H,40,46)(H,41,48). The number of aromatic hydroxyl groups is 1. The van der Waals surface area contributed by atoms with Gasteiger partial charge in [0, 0.05) is 31.4 Å². The summed E-state index contributed by atoms with van der Waals surface area (Å²) in [6.45, 7) is 3.36. The fraction of sp³-hybridized carbons (Fsp3) is 0.343. The number of nitrogens with one attached hydrogen (secondary N) is 4. The molecule has 3 aromatic carbocycles. The third kappa shape index (κ3) is 12.3. The zero-order valence-corrected chi connectivity index (χ0v) is 27.8. The maximum atomic E-state index is 14.0. The Morgan fingerprint density at radius 2 is 1.12 bits per heavy atom. The number of nitro groups is 1. The highest BCUT2D eigenvalue weighted by molar-refractivity contribution is 5.95. The second kappa shape index (κ2) is 18.6. The molecule has 266 valence electrons. The molecule has 5 amide bonds. The molecule has 0 fully saturated rings. The van der Waals surface area contributed by atoms with Gasteiger partial charge in [0.25, 0.3) is 5.69 Å². The third-order valence-electron chi connectivity index (χ3n) is 7.72. The van der Waals surface area contributed by atoms with Gasteiger partial charge in [-0.25, -0.2) is 0 Å². The molecule has 0 saturated carbocycles. The Morgan fingerprint density at radius 1 is 0.680 bits per heavy atom. The van der Waals surface area contributed by atoms with E-state index in [0.717, 1.165) is 5.56 Å². The van der Waals surface area contributed by atoms with E-state index in [0.29, 0.717) is 11.1 Å². The van der Waals surface area contributed by atoms with Crippen LogP contribution in [-0.4, -0.2) is 70.3 Å². The summed E-state index contributed by atoms with van der Waals surface area (Å²) in [5.74, 6) is -3.61. The van der Waals surface area contributed by atoms with E-state index in [1.54, 1.807) is 42.5 Å². The summed E-state index contributed by atoms with van der Waals surface area (Å²) in [5, 5.41) is 31.5. The Kier molecular flexibility index (Phi) is 14.4. The highest BCUT2D eigenvalue weighted by Gasteiger charge is 2.32. The van der Waals surface area contributed by atoms with Crippen LogP contribution in [0.25, 0.3) is 0 Å². The number of phenols is 1. The van der Waals surface area contributed by atoms with Crippen LogP contribution in [-0.2, 0) is 43.2 Å². The Morgan fingerprint density at radius 3 is 1.58 bits per heavy atom. The first-order chi connectivity index (χ1) is 23.7. The first-order valence-electron chi connectivity index (χ1n) is 16.0. The summed E-state index contributed by atoms with van der Waals surface area (Å²) in [6, 6.07) is 15.4. The van der Waals surface area contributed by atoms with E-state index in [9.17, 15) is 39.2 Å². The van der Waals surface area contributed by atoms with Crippen LogP contribution in [0.2, 0.25) is 0 Å². The van der Waals surface area contributed by atoms with Crippen LogP contribution in [0.4, 0.5) is 5.69 Å². The van der Waals surface area contributed by atoms with Crippen LogP contribution in [0.5, 0.6) is 5.75 Å². The number of nitrogens with two attached hydrogens (primary N) is 2. The molecular formula is C35H43N7O8. The minimum Gasteiger partial charge on any atom is -0.508 e. The predicted molar refractivity (Wildman–Crippen MR) is 184 cm³/mol. The lowest BCUT2D eigenvalue weighted by atomic mass is 9.99. The van der Waals surface area contributed by atoms with E-state index in [-0.39, 0.29) is 49.6 Å². The Bertz CT molecular complexity index is 1630. The van der Waals surface area contributed by atoms with E-state index in [4.69, 9.17) is 11.5 Å². The van der Waals surface area contributed by atoms with Crippen molar-refractivity contribution < 1.29 is 34.0 Å². The molecule has 4 unspecified atom stereocenters. The maximum absolute atomic E-state index is 14.0. The number of carbonyl (C=O) groups is 5. The summed E-state index contributed by atoms with van der Waals surface area (Å²) in [7, 11) is 0. The molecule has 3 rings (SSSR count). The number of hydrogen-bond donors (Lipinski definition) is 7. The van der Waals surface area contributed by atoms with E-state index >= 15 is 0 Å². The lowest BCUT2D eigenvalue weighted by Gasteiger charge is -2.27. The fourth-order valence-electron chi connectivity index (χ4n) is 5.12. The smallest absolute Gasteiger partial charge is 0.269 e. The van der Waals surface area contributed by atoms with Gasteiger partial charge in [-0.1, -0.05) is 68.4 Å². The number of hydrogen-bond acceptors (Lipinski definition) is 9. The third-order valence-corrected chi connectivity index (χ3v) is 7.72. The van der Waals surface area contributed by atoms with Crippen molar-refractivity contribution in [2.24, 2.45) is 17.4 Å². The molecule has 0 aliphatic heterocycles. The van der Waals surface area contributed by atoms with Crippen molar-refractivity contribution >= 4 is 35.2 Å². The normalized spacial score (nSPS) is 13.3. The van der Waals surface area contributed by atoms with Crippen LogP contribution >= 0.6 is 0 Å². The van der Waals surface area contributed by atoms with Gasteiger partial charge in [0.05, 0.1) is 11.5 Å². The average molecular weight is 690 g/mol. The molecule has 0 aliphatic rings. The molecule has 50 heavy (non-hydrogen) atoms. The summed E-state index contributed by atoms with van der Waals surface area (Å²) < 4.78 is 0. The monoisotopic (exact) mass is 689 g/mol. The minimum absolute atomic E-state index is 0.0142. The summed E-state index contributed by atoms with van der Waals surface area (Å²) >= 11 is 0. The van der Waals surface area contributed by atoms with Gasteiger partial charge in [0.1, 0.15) is 29.9 Å². The Hall–Kier alpha value is -5.83. The number of nitrogens with zero attached hydrogens (tertiary/aromatic N) is 1. The SMILES string of the molecule is CC(C)CC(NC(=O)CN)C(=O)NC(Cc1ccc(O)cc1)C(=O)NC(Cc1ccc([N+](=O)[O-])cc1)C(=O)NC(Cc1ccccc1)C(N)=O. The topological polar surface area (TPSA) is 249 Å². The van der Waals surface area contributed by atoms with Crippen LogP contribution in [0.15, 0.2) is 78.9 Å². The summed E-state index contributed by atoms with van der Waals surface area (Å²) in [6.07, 6.45) is 0.104. The van der Waals surface area contributed by atoms with Gasteiger partial charge in [-0.05, 0) is 41.2 Å². The first-order valence-corrected chi connectivity index (χ1v) is 16.0. The number of non-ortho nitro benzene ring substituents is 1. The van der Waals surface area contributed by atoms with Gasteiger partial charge in [-0.3, -0.25) is 34.1 Å². The molecule has 15 heteroatoms. The second-order valence-corrected chi connectivity index (χ2v) is 12.2. The van der Waals surface area contributed by atoms with Crippen molar-refractivity contribution in [3.05, 3.63) is 106 Å². The van der Waals surface area contributed by atoms with Crippen LogP contribution in [0, 0.1) is 16.0 Å². The molecule has 3 aromatic rings. The number of primary amides is 1. The Balaban J connectivity index is 1.94. The molecule has 0 bridgehead atoms. The highest BCUT2D eigenvalue weighted by atomic mass is 16.6. The summed E-state index contributed by atoms with van der Waals surface area (Å²) in [4.78, 5) is 76.4. The number of rotatable bonds is 18. The van der Waals surface area contributed by atoms with Crippen molar-refractivity contribution in [1.29, 1.82) is 0 Å². The van der Waals surface area contributed by atoms with Gasteiger partial charge in [-0.15, -0.1) is 0 Å².